The van der Waals surface area contributed by atoms with E-state index in [1.165, 1.54) is 4.90 Å². The number of ether oxygens (including phenoxy) is 1. The molecule has 21 heavy (non-hydrogen) atoms. The number of carboxylic acid groups (broad SMARTS) is 1. The van der Waals surface area contributed by atoms with Gasteiger partial charge in [0, 0.05) is 11.0 Å². The van der Waals surface area contributed by atoms with Crippen molar-refractivity contribution in [1.82, 2.24) is 4.90 Å². The third-order valence-corrected chi connectivity index (χ3v) is 4.14. The quantitative estimate of drug-likeness (QED) is 0.877. The molecule has 1 aliphatic heterocycles. The fraction of sp³-hybridized carbons (Fsp3) is 0.429. The molecule has 114 valence electrons. The summed E-state index contributed by atoms with van der Waals surface area (Å²) in [7, 11) is 0. The lowest BCUT2D eigenvalue weighted by Crippen LogP contribution is -2.49. The molecule has 0 spiro atoms. The lowest BCUT2D eigenvalue weighted by Gasteiger charge is -2.32. The van der Waals surface area contributed by atoms with E-state index in [-0.39, 0.29) is 12.5 Å². The van der Waals surface area contributed by atoms with Crippen LogP contribution >= 0.6 is 27.5 Å². The molecule has 1 aromatic rings. The van der Waals surface area contributed by atoms with E-state index < -0.39 is 12.0 Å². The Morgan fingerprint density at radius 3 is 2.86 bits per heavy atom. The van der Waals surface area contributed by atoms with E-state index in [0.29, 0.717) is 23.7 Å². The first-order valence-electron chi connectivity index (χ1n) is 6.59. The van der Waals surface area contributed by atoms with Crippen molar-refractivity contribution in [3.05, 3.63) is 27.7 Å². The van der Waals surface area contributed by atoms with Gasteiger partial charge >= 0.3 is 5.97 Å². The topological polar surface area (TPSA) is 66.8 Å². The SMILES string of the molecule is O=C(O)[C@H]1CCCCN1C(=O)COc1ccc(Br)cc1Cl. The van der Waals surface area contributed by atoms with Gasteiger partial charge in [-0.3, -0.25) is 4.79 Å². The second-order valence-corrected chi connectivity index (χ2v) is 6.12. The van der Waals surface area contributed by atoms with E-state index in [2.05, 4.69) is 15.9 Å². The van der Waals surface area contributed by atoms with Crippen molar-refractivity contribution in [2.75, 3.05) is 13.2 Å². The van der Waals surface area contributed by atoms with Crippen LogP contribution in [0.25, 0.3) is 0 Å². The standard InChI is InChI=1S/C14H15BrClNO4/c15-9-4-5-12(10(16)7-9)21-8-13(18)17-6-2-1-3-11(17)14(19)20/h4-5,7,11H,1-3,6,8H2,(H,19,20)/t11-/m1/s1. The number of amides is 1. The number of nitrogens with zero attached hydrogens (tertiary/aromatic N) is 1. The van der Waals surface area contributed by atoms with Crippen molar-refractivity contribution in [2.24, 2.45) is 0 Å². The van der Waals surface area contributed by atoms with Crippen LogP contribution in [-0.2, 0) is 9.59 Å². The molecule has 0 aliphatic carbocycles. The third-order valence-electron chi connectivity index (χ3n) is 3.35. The van der Waals surface area contributed by atoms with Gasteiger partial charge < -0.3 is 14.7 Å². The summed E-state index contributed by atoms with van der Waals surface area (Å²) < 4.78 is 6.21. The van der Waals surface area contributed by atoms with Gasteiger partial charge in [0.25, 0.3) is 5.91 Å². The minimum atomic E-state index is -0.968. The van der Waals surface area contributed by atoms with Crippen molar-refractivity contribution in [3.8, 4) is 5.75 Å². The molecule has 7 heteroatoms. The molecule has 1 heterocycles. The molecular formula is C14H15BrClNO4. The Morgan fingerprint density at radius 2 is 2.19 bits per heavy atom. The lowest BCUT2D eigenvalue weighted by molar-refractivity contribution is -0.152. The number of aliphatic carboxylic acids is 1. The normalized spacial score (nSPS) is 18.4. The van der Waals surface area contributed by atoms with Gasteiger partial charge in [-0.25, -0.2) is 4.79 Å². The number of hydrogen-bond acceptors (Lipinski definition) is 3. The summed E-state index contributed by atoms with van der Waals surface area (Å²) in [6.45, 7) is 0.234. The molecule has 1 aromatic carbocycles. The number of benzene rings is 1. The number of carboxylic acids is 1. The number of likely N-dealkylation sites (tertiary alicyclic amines) is 1. The van der Waals surface area contributed by atoms with Crippen molar-refractivity contribution in [2.45, 2.75) is 25.3 Å². The van der Waals surface area contributed by atoms with Gasteiger partial charge in [-0.15, -0.1) is 0 Å². The largest absolute Gasteiger partial charge is 0.482 e. The maximum atomic E-state index is 12.1. The first kappa shape index (κ1) is 16.1. The predicted octanol–water partition coefficient (Wildman–Crippen LogP) is 2.95. The zero-order valence-corrected chi connectivity index (χ0v) is 13.6. The Bertz CT molecular complexity index is 552. The third kappa shape index (κ3) is 4.11. The molecule has 0 radical (unpaired) electrons. The van der Waals surface area contributed by atoms with E-state index in [9.17, 15) is 9.59 Å². The van der Waals surface area contributed by atoms with Crippen LogP contribution in [0.15, 0.2) is 22.7 Å². The van der Waals surface area contributed by atoms with E-state index >= 15 is 0 Å². The molecule has 1 atom stereocenters. The molecule has 1 saturated heterocycles. The maximum Gasteiger partial charge on any atom is 0.326 e. The molecule has 0 saturated carbocycles. The summed E-state index contributed by atoms with van der Waals surface area (Å²) in [5.74, 6) is -0.900. The van der Waals surface area contributed by atoms with Gasteiger partial charge in [-0.2, -0.15) is 0 Å². The van der Waals surface area contributed by atoms with Crippen LogP contribution in [0.4, 0.5) is 0 Å². The molecule has 1 aliphatic rings. The predicted molar refractivity (Wildman–Crippen MR) is 81.6 cm³/mol. The number of hydrogen-bond donors (Lipinski definition) is 1. The smallest absolute Gasteiger partial charge is 0.326 e. The number of piperidine rings is 1. The summed E-state index contributed by atoms with van der Waals surface area (Å²) >= 11 is 9.29. The van der Waals surface area contributed by atoms with Crippen LogP contribution < -0.4 is 4.74 Å². The fourth-order valence-electron chi connectivity index (χ4n) is 2.30. The minimum Gasteiger partial charge on any atom is -0.482 e. The molecule has 1 amide bonds. The molecule has 0 bridgehead atoms. The van der Waals surface area contributed by atoms with Gasteiger partial charge in [-0.05, 0) is 37.5 Å². The van der Waals surface area contributed by atoms with Crippen molar-refractivity contribution < 1.29 is 19.4 Å². The van der Waals surface area contributed by atoms with Crippen molar-refractivity contribution in [1.29, 1.82) is 0 Å². The first-order valence-corrected chi connectivity index (χ1v) is 7.76. The molecule has 5 nitrogen and oxygen atoms in total. The highest BCUT2D eigenvalue weighted by Crippen LogP contribution is 2.28. The number of carbonyl (C=O) groups excluding carboxylic acids is 1. The Morgan fingerprint density at radius 1 is 1.43 bits per heavy atom. The number of carbonyl (C=O) groups is 2. The second-order valence-electron chi connectivity index (χ2n) is 4.80. The highest BCUT2D eigenvalue weighted by atomic mass is 79.9. The number of rotatable bonds is 4. The van der Waals surface area contributed by atoms with Crippen LogP contribution in [0.3, 0.4) is 0 Å². The second kappa shape index (κ2) is 7.13. The van der Waals surface area contributed by atoms with Crippen molar-refractivity contribution >= 4 is 39.4 Å². The maximum absolute atomic E-state index is 12.1. The van der Waals surface area contributed by atoms with E-state index in [4.69, 9.17) is 21.4 Å². The average molecular weight is 377 g/mol. The Hall–Kier alpha value is -1.27. The van der Waals surface area contributed by atoms with Gasteiger partial charge in [0.1, 0.15) is 11.8 Å². The fourth-order valence-corrected chi connectivity index (χ4v) is 3.03. The Balaban J connectivity index is 1.98. The molecule has 0 unspecified atom stereocenters. The molecule has 1 fully saturated rings. The zero-order valence-electron chi connectivity index (χ0n) is 11.2. The van der Waals surface area contributed by atoms with Crippen LogP contribution in [-0.4, -0.2) is 41.1 Å². The summed E-state index contributed by atoms with van der Waals surface area (Å²) in [4.78, 5) is 24.7. The highest BCUT2D eigenvalue weighted by Gasteiger charge is 2.32. The number of halogens is 2. The van der Waals surface area contributed by atoms with Gasteiger partial charge in [0.2, 0.25) is 0 Å². The molecule has 1 N–H and O–H groups in total. The lowest BCUT2D eigenvalue weighted by atomic mass is 10.0. The summed E-state index contributed by atoms with van der Waals surface area (Å²) in [5.41, 5.74) is 0. The van der Waals surface area contributed by atoms with Gasteiger partial charge in [0.05, 0.1) is 5.02 Å². The monoisotopic (exact) mass is 375 g/mol. The first-order chi connectivity index (χ1) is 9.99. The van der Waals surface area contributed by atoms with E-state index in [0.717, 1.165) is 17.3 Å². The van der Waals surface area contributed by atoms with Crippen LogP contribution in [0.2, 0.25) is 5.02 Å². The van der Waals surface area contributed by atoms with Crippen LogP contribution in [0.5, 0.6) is 5.75 Å². The van der Waals surface area contributed by atoms with Crippen molar-refractivity contribution in [3.63, 3.8) is 0 Å². The average Bonchev–Trinajstić information content (AvgIpc) is 2.46. The Labute approximate surface area is 136 Å². The summed E-state index contributed by atoms with van der Waals surface area (Å²) in [6.07, 6.45) is 2.12. The van der Waals surface area contributed by atoms with E-state index in [1.807, 2.05) is 0 Å². The van der Waals surface area contributed by atoms with E-state index in [1.54, 1.807) is 18.2 Å². The van der Waals surface area contributed by atoms with Crippen LogP contribution in [0, 0.1) is 0 Å². The van der Waals surface area contributed by atoms with Crippen LogP contribution in [0.1, 0.15) is 19.3 Å². The van der Waals surface area contributed by atoms with Gasteiger partial charge in [-0.1, -0.05) is 27.5 Å². The molecular weight excluding hydrogens is 362 g/mol. The molecule has 0 aromatic heterocycles. The summed E-state index contributed by atoms with van der Waals surface area (Å²) in [6, 6.07) is 4.33. The molecule has 2 rings (SSSR count). The highest BCUT2D eigenvalue weighted by molar-refractivity contribution is 9.10. The minimum absolute atomic E-state index is 0.217. The summed E-state index contributed by atoms with van der Waals surface area (Å²) in [5, 5.41) is 9.55. The van der Waals surface area contributed by atoms with Gasteiger partial charge in [0.15, 0.2) is 6.61 Å². The zero-order chi connectivity index (χ0) is 15.4. The Kier molecular flexibility index (Phi) is 5.47.